The zero-order chi connectivity index (χ0) is 13.2. The third kappa shape index (κ3) is 3.40. The Bertz CT molecular complexity index is 394. The molecule has 0 bridgehead atoms. The summed E-state index contributed by atoms with van der Waals surface area (Å²) in [6.07, 6.45) is -7.43. The molecule has 17 heavy (non-hydrogen) atoms. The van der Waals surface area contributed by atoms with Gasteiger partial charge in [0.25, 0.3) is 0 Å². The molecule has 0 fully saturated rings. The Morgan fingerprint density at radius 2 is 1.82 bits per heavy atom. The molecule has 0 saturated heterocycles. The molecule has 0 spiro atoms. The number of rotatable bonds is 3. The van der Waals surface area contributed by atoms with Crippen molar-refractivity contribution in [2.24, 2.45) is 0 Å². The Morgan fingerprint density at radius 1 is 1.24 bits per heavy atom. The van der Waals surface area contributed by atoms with Gasteiger partial charge in [0.1, 0.15) is 11.9 Å². The van der Waals surface area contributed by atoms with Crippen LogP contribution in [0.5, 0.6) is 0 Å². The van der Waals surface area contributed by atoms with Crippen molar-refractivity contribution in [2.45, 2.75) is 18.4 Å². The molecule has 1 aromatic carbocycles. The van der Waals surface area contributed by atoms with Gasteiger partial charge in [0.2, 0.25) is 0 Å². The maximum atomic E-state index is 13.1. The smallest absolute Gasteiger partial charge is 0.389 e. The van der Waals surface area contributed by atoms with Crippen LogP contribution in [0.1, 0.15) is 17.2 Å². The molecule has 0 aliphatic carbocycles. The number of hydrogen-bond donors (Lipinski definition) is 2. The van der Waals surface area contributed by atoms with Crippen LogP contribution in [0.2, 0.25) is 0 Å². The minimum atomic E-state index is -4.78. The van der Waals surface area contributed by atoms with Gasteiger partial charge in [-0.3, -0.25) is 0 Å². The fraction of sp³-hybridized carbons (Fsp3) is 0.400. The van der Waals surface area contributed by atoms with Crippen molar-refractivity contribution in [3.05, 3.63) is 35.1 Å². The van der Waals surface area contributed by atoms with Gasteiger partial charge in [-0.05, 0) is 17.7 Å². The van der Waals surface area contributed by atoms with E-state index >= 15 is 0 Å². The Hall–Kier alpha value is -0.660. The SMILES string of the molecule is OC(CBr)C(O)c1ccc(C(F)(F)F)c(F)c1. The number of aliphatic hydroxyl groups is 2. The molecule has 2 atom stereocenters. The van der Waals surface area contributed by atoms with Gasteiger partial charge in [-0.2, -0.15) is 13.2 Å². The molecule has 0 saturated carbocycles. The predicted molar refractivity (Wildman–Crippen MR) is 56.2 cm³/mol. The van der Waals surface area contributed by atoms with E-state index in [0.29, 0.717) is 12.1 Å². The molecule has 1 aromatic rings. The summed E-state index contributed by atoms with van der Waals surface area (Å²) >= 11 is 2.89. The maximum absolute atomic E-state index is 13.1. The second kappa shape index (κ2) is 5.32. The van der Waals surface area contributed by atoms with Crippen molar-refractivity contribution >= 4 is 15.9 Å². The maximum Gasteiger partial charge on any atom is 0.419 e. The van der Waals surface area contributed by atoms with E-state index in [1.165, 1.54) is 0 Å². The lowest BCUT2D eigenvalue weighted by Gasteiger charge is -2.17. The van der Waals surface area contributed by atoms with Crippen molar-refractivity contribution in [3.8, 4) is 0 Å². The molecule has 0 heterocycles. The molecule has 0 radical (unpaired) electrons. The van der Waals surface area contributed by atoms with E-state index in [0.717, 1.165) is 6.07 Å². The van der Waals surface area contributed by atoms with E-state index in [9.17, 15) is 27.8 Å². The lowest BCUT2D eigenvalue weighted by Crippen LogP contribution is -2.20. The molecule has 96 valence electrons. The lowest BCUT2D eigenvalue weighted by atomic mass is 10.0. The average molecular weight is 317 g/mol. The van der Waals surface area contributed by atoms with Gasteiger partial charge >= 0.3 is 6.18 Å². The van der Waals surface area contributed by atoms with Gasteiger partial charge in [0.05, 0.1) is 11.7 Å². The van der Waals surface area contributed by atoms with Crippen LogP contribution < -0.4 is 0 Å². The van der Waals surface area contributed by atoms with Gasteiger partial charge in [0.15, 0.2) is 0 Å². The summed E-state index contributed by atoms with van der Waals surface area (Å²) in [7, 11) is 0. The van der Waals surface area contributed by atoms with Crippen LogP contribution in [0.25, 0.3) is 0 Å². The van der Waals surface area contributed by atoms with E-state index in [4.69, 9.17) is 0 Å². The summed E-state index contributed by atoms with van der Waals surface area (Å²) in [5, 5.41) is 18.8. The van der Waals surface area contributed by atoms with Crippen molar-refractivity contribution in [1.82, 2.24) is 0 Å². The van der Waals surface area contributed by atoms with Gasteiger partial charge in [-0.25, -0.2) is 4.39 Å². The highest BCUT2D eigenvalue weighted by Crippen LogP contribution is 2.32. The number of hydrogen-bond acceptors (Lipinski definition) is 2. The van der Waals surface area contributed by atoms with Crippen LogP contribution in [0.4, 0.5) is 17.6 Å². The van der Waals surface area contributed by atoms with Crippen LogP contribution in [-0.4, -0.2) is 21.6 Å². The van der Waals surface area contributed by atoms with Gasteiger partial charge < -0.3 is 10.2 Å². The third-order valence-electron chi connectivity index (χ3n) is 2.16. The first-order valence-corrected chi connectivity index (χ1v) is 5.68. The van der Waals surface area contributed by atoms with Crippen LogP contribution >= 0.6 is 15.9 Å². The standard InChI is InChI=1S/C10H9BrF4O2/c11-4-8(16)9(17)5-1-2-6(7(12)3-5)10(13,14)15/h1-3,8-9,16-17H,4H2. The third-order valence-corrected chi connectivity index (χ3v) is 2.83. The lowest BCUT2D eigenvalue weighted by molar-refractivity contribution is -0.140. The number of halogens is 5. The molecule has 7 heteroatoms. The zero-order valence-electron chi connectivity index (χ0n) is 8.38. The predicted octanol–water partition coefficient (Wildman–Crippen LogP) is 2.63. The van der Waals surface area contributed by atoms with Crippen LogP contribution in [-0.2, 0) is 6.18 Å². The molecular formula is C10H9BrF4O2. The summed E-state index contributed by atoms with van der Waals surface area (Å²) in [5.74, 6) is -1.48. The first-order valence-electron chi connectivity index (χ1n) is 4.56. The second-order valence-corrected chi connectivity index (χ2v) is 4.05. The molecule has 0 aliphatic rings. The van der Waals surface area contributed by atoms with E-state index in [1.807, 2.05) is 0 Å². The quantitative estimate of drug-likeness (QED) is 0.665. The highest BCUT2D eigenvalue weighted by atomic mass is 79.9. The average Bonchev–Trinajstić information content (AvgIpc) is 2.25. The number of aliphatic hydroxyl groups excluding tert-OH is 2. The van der Waals surface area contributed by atoms with E-state index in [2.05, 4.69) is 15.9 Å². The van der Waals surface area contributed by atoms with Crippen molar-refractivity contribution in [3.63, 3.8) is 0 Å². The first-order chi connectivity index (χ1) is 7.77. The number of alkyl halides is 4. The van der Waals surface area contributed by atoms with Gasteiger partial charge in [-0.1, -0.05) is 22.0 Å². The molecule has 2 N–H and O–H groups in total. The van der Waals surface area contributed by atoms with E-state index in [1.54, 1.807) is 0 Å². The highest BCUT2D eigenvalue weighted by Gasteiger charge is 2.34. The first kappa shape index (κ1) is 14.4. The Kier molecular flexibility index (Phi) is 4.51. The Balaban J connectivity index is 3.05. The summed E-state index contributed by atoms with van der Waals surface area (Å²) < 4.78 is 49.9. The molecule has 0 aromatic heterocycles. The van der Waals surface area contributed by atoms with Crippen LogP contribution in [0, 0.1) is 5.82 Å². The summed E-state index contributed by atoms with van der Waals surface area (Å²) in [4.78, 5) is 0. The number of benzene rings is 1. The normalized spacial score (nSPS) is 15.7. The highest BCUT2D eigenvalue weighted by molar-refractivity contribution is 9.09. The van der Waals surface area contributed by atoms with E-state index in [-0.39, 0.29) is 10.9 Å². The van der Waals surface area contributed by atoms with Gasteiger partial charge in [-0.15, -0.1) is 0 Å². The molecule has 0 amide bonds. The Morgan fingerprint density at radius 3 is 2.24 bits per heavy atom. The monoisotopic (exact) mass is 316 g/mol. The van der Waals surface area contributed by atoms with Crippen molar-refractivity contribution in [1.29, 1.82) is 0 Å². The van der Waals surface area contributed by atoms with Crippen molar-refractivity contribution < 1.29 is 27.8 Å². The minimum absolute atomic E-state index is 0.0246. The minimum Gasteiger partial charge on any atom is -0.389 e. The van der Waals surface area contributed by atoms with E-state index < -0.39 is 29.8 Å². The van der Waals surface area contributed by atoms with Crippen LogP contribution in [0.15, 0.2) is 18.2 Å². The zero-order valence-corrected chi connectivity index (χ0v) is 9.96. The fourth-order valence-corrected chi connectivity index (χ4v) is 1.61. The largest absolute Gasteiger partial charge is 0.419 e. The topological polar surface area (TPSA) is 40.5 Å². The Labute approximate surface area is 103 Å². The summed E-state index contributed by atoms with van der Waals surface area (Å²) in [6.45, 7) is 0. The molecule has 2 unspecified atom stereocenters. The second-order valence-electron chi connectivity index (χ2n) is 3.40. The molecule has 2 nitrogen and oxygen atoms in total. The molecule has 1 rings (SSSR count). The molecular weight excluding hydrogens is 308 g/mol. The summed E-state index contributed by atoms with van der Waals surface area (Å²) in [6, 6.07) is 2.04. The van der Waals surface area contributed by atoms with Crippen molar-refractivity contribution in [2.75, 3.05) is 5.33 Å². The summed E-state index contributed by atoms with van der Waals surface area (Å²) in [5.41, 5.74) is -1.51. The fourth-order valence-electron chi connectivity index (χ4n) is 1.25. The van der Waals surface area contributed by atoms with Crippen LogP contribution in [0.3, 0.4) is 0 Å². The van der Waals surface area contributed by atoms with Gasteiger partial charge in [0, 0.05) is 5.33 Å². The molecule has 0 aliphatic heterocycles.